The van der Waals surface area contributed by atoms with Gasteiger partial charge < -0.3 is 5.32 Å². The first-order valence-corrected chi connectivity index (χ1v) is 6.69. The molecule has 92 valence electrons. The van der Waals surface area contributed by atoms with Crippen molar-refractivity contribution >= 4 is 5.69 Å². The van der Waals surface area contributed by atoms with E-state index in [2.05, 4.69) is 55.6 Å². The first-order valence-electron chi connectivity index (χ1n) is 6.69. The van der Waals surface area contributed by atoms with Crippen molar-refractivity contribution in [3.63, 3.8) is 0 Å². The summed E-state index contributed by atoms with van der Waals surface area (Å²) in [7, 11) is 0. The largest absolute Gasteiger partial charge is 0.385 e. The quantitative estimate of drug-likeness (QED) is 0.778. The third-order valence-corrected chi connectivity index (χ3v) is 3.96. The molecule has 0 unspecified atom stereocenters. The molecule has 1 aliphatic heterocycles. The van der Waals surface area contributed by atoms with E-state index in [0.717, 1.165) is 6.54 Å². The molecule has 0 radical (unpaired) electrons. The Labute approximate surface area is 109 Å². The Morgan fingerprint density at radius 2 is 1.94 bits per heavy atom. The molecule has 3 rings (SSSR count). The van der Waals surface area contributed by atoms with Crippen molar-refractivity contribution in [1.82, 2.24) is 0 Å². The van der Waals surface area contributed by atoms with Gasteiger partial charge in [-0.3, -0.25) is 0 Å². The van der Waals surface area contributed by atoms with Crippen molar-refractivity contribution in [2.75, 3.05) is 11.9 Å². The molecular formula is C17H19N. The number of anilines is 1. The number of nitrogens with one attached hydrogen (secondary N) is 1. The van der Waals surface area contributed by atoms with E-state index < -0.39 is 0 Å². The van der Waals surface area contributed by atoms with E-state index >= 15 is 0 Å². The highest BCUT2D eigenvalue weighted by Crippen LogP contribution is 2.30. The van der Waals surface area contributed by atoms with Crippen molar-refractivity contribution < 1.29 is 0 Å². The van der Waals surface area contributed by atoms with E-state index in [9.17, 15) is 0 Å². The molecule has 1 heterocycles. The van der Waals surface area contributed by atoms with Crippen LogP contribution in [0.2, 0.25) is 0 Å². The molecule has 0 aliphatic carbocycles. The van der Waals surface area contributed by atoms with E-state index in [4.69, 9.17) is 0 Å². The lowest BCUT2D eigenvalue weighted by Crippen LogP contribution is -2.11. The molecule has 0 saturated carbocycles. The summed E-state index contributed by atoms with van der Waals surface area (Å²) in [6.45, 7) is 5.50. The van der Waals surface area contributed by atoms with Gasteiger partial charge in [0, 0.05) is 12.2 Å². The summed E-state index contributed by atoms with van der Waals surface area (Å²) in [5.74, 6) is 0. The maximum Gasteiger partial charge on any atom is 0.0373 e. The van der Waals surface area contributed by atoms with Gasteiger partial charge in [0.15, 0.2) is 0 Å². The van der Waals surface area contributed by atoms with E-state index in [1.165, 1.54) is 46.3 Å². The Morgan fingerprint density at radius 3 is 2.83 bits per heavy atom. The van der Waals surface area contributed by atoms with Crippen LogP contribution in [0.5, 0.6) is 0 Å². The molecule has 0 bridgehead atoms. The molecule has 0 fully saturated rings. The van der Waals surface area contributed by atoms with Crippen LogP contribution < -0.4 is 5.32 Å². The first kappa shape index (κ1) is 11.3. The predicted molar refractivity (Wildman–Crippen MR) is 78.2 cm³/mol. The fourth-order valence-electron chi connectivity index (χ4n) is 2.71. The average molecular weight is 237 g/mol. The van der Waals surface area contributed by atoms with Gasteiger partial charge in [0.2, 0.25) is 0 Å². The molecule has 0 spiro atoms. The maximum absolute atomic E-state index is 3.47. The number of benzene rings is 2. The highest BCUT2D eigenvalue weighted by Gasteiger charge is 2.10. The zero-order valence-corrected chi connectivity index (χ0v) is 11.1. The van der Waals surface area contributed by atoms with Gasteiger partial charge >= 0.3 is 0 Å². The van der Waals surface area contributed by atoms with Crippen LogP contribution in [0.3, 0.4) is 0 Å². The smallest absolute Gasteiger partial charge is 0.0373 e. The summed E-state index contributed by atoms with van der Waals surface area (Å²) in [5.41, 5.74) is 8.24. The minimum absolute atomic E-state index is 1.11. The van der Waals surface area contributed by atoms with Gasteiger partial charge in [-0.05, 0) is 66.6 Å². The fourth-order valence-corrected chi connectivity index (χ4v) is 2.71. The molecule has 0 aromatic heterocycles. The third-order valence-electron chi connectivity index (χ3n) is 3.96. The molecule has 0 amide bonds. The maximum atomic E-state index is 3.47. The van der Waals surface area contributed by atoms with Gasteiger partial charge in [-0.15, -0.1) is 0 Å². The van der Waals surface area contributed by atoms with Gasteiger partial charge in [0.1, 0.15) is 0 Å². The molecule has 1 heteroatoms. The number of hydrogen-bond acceptors (Lipinski definition) is 1. The van der Waals surface area contributed by atoms with E-state index in [-0.39, 0.29) is 0 Å². The van der Waals surface area contributed by atoms with Gasteiger partial charge in [-0.2, -0.15) is 0 Å². The topological polar surface area (TPSA) is 12.0 Å². The molecular weight excluding hydrogens is 218 g/mol. The van der Waals surface area contributed by atoms with Crippen LogP contribution in [0.1, 0.15) is 23.1 Å². The summed E-state index contributed by atoms with van der Waals surface area (Å²) < 4.78 is 0. The Balaban J connectivity index is 2.09. The standard InChI is InChI=1S/C17H19N/c1-12-5-3-7-16(13(12)2)14-8-9-17-15(11-14)6-4-10-18-17/h3,5,7-9,11,18H,4,6,10H2,1-2H3. The molecule has 1 nitrogen and oxygen atoms in total. The molecule has 0 saturated heterocycles. The zero-order chi connectivity index (χ0) is 12.5. The first-order chi connectivity index (χ1) is 8.75. The fraction of sp³-hybridized carbons (Fsp3) is 0.294. The Morgan fingerprint density at radius 1 is 1.06 bits per heavy atom. The monoisotopic (exact) mass is 237 g/mol. The van der Waals surface area contributed by atoms with Crippen LogP contribution in [0.25, 0.3) is 11.1 Å². The van der Waals surface area contributed by atoms with E-state index in [1.807, 2.05) is 0 Å². The second-order valence-electron chi connectivity index (χ2n) is 5.15. The summed E-state index contributed by atoms with van der Waals surface area (Å²) >= 11 is 0. The lowest BCUT2D eigenvalue weighted by Gasteiger charge is -2.19. The van der Waals surface area contributed by atoms with Crippen LogP contribution in [-0.4, -0.2) is 6.54 Å². The average Bonchev–Trinajstić information content (AvgIpc) is 2.41. The molecule has 2 aromatic carbocycles. The summed E-state index contributed by atoms with van der Waals surface area (Å²) in [6, 6.07) is 13.4. The van der Waals surface area contributed by atoms with Crippen molar-refractivity contribution in [3.8, 4) is 11.1 Å². The van der Waals surface area contributed by atoms with Crippen molar-refractivity contribution in [2.45, 2.75) is 26.7 Å². The lowest BCUT2D eigenvalue weighted by atomic mass is 9.93. The van der Waals surface area contributed by atoms with Crippen molar-refractivity contribution in [1.29, 1.82) is 0 Å². The van der Waals surface area contributed by atoms with E-state index in [0.29, 0.717) is 0 Å². The second kappa shape index (κ2) is 4.49. The highest BCUT2D eigenvalue weighted by atomic mass is 14.9. The number of rotatable bonds is 1. The van der Waals surface area contributed by atoms with Gasteiger partial charge in [-0.1, -0.05) is 24.3 Å². The van der Waals surface area contributed by atoms with E-state index in [1.54, 1.807) is 0 Å². The Bertz CT molecular complexity index is 584. The highest BCUT2D eigenvalue weighted by molar-refractivity contribution is 5.72. The molecule has 2 aromatic rings. The number of fused-ring (bicyclic) bond motifs is 1. The Kier molecular flexibility index (Phi) is 2.83. The lowest BCUT2D eigenvalue weighted by molar-refractivity contribution is 0.830. The van der Waals surface area contributed by atoms with Gasteiger partial charge in [0.05, 0.1) is 0 Å². The van der Waals surface area contributed by atoms with Crippen molar-refractivity contribution in [2.24, 2.45) is 0 Å². The van der Waals surface area contributed by atoms with Crippen LogP contribution in [0.4, 0.5) is 5.69 Å². The predicted octanol–water partition coefficient (Wildman–Crippen LogP) is 4.33. The summed E-state index contributed by atoms with van der Waals surface area (Å²) in [5, 5.41) is 3.47. The molecule has 1 aliphatic rings. The Hall–Kier alpha value is -1.76. The van der Waals surface area contributed by atoms with Crippen LogP contribution in [-0.2, 0) is 6.42 Å². The second-order valence-corrected chi connectivity index (χ2v) is 5.15. The van der Waals surface area contributed by atoms with Crippen LogP contribution >= 0.6 is 0 Å². The minimum atomic E-state index is 1.11. The summed E-state index contributed by atoms with van der Waals surface area (Å²) in [6.07, 6.45) is 2.43. The van der Waals surface area contributed by atoms with Crippen LogP contribution in [0, 0.1) is 13.8 Å². The molecule has 1 N–H and O–H groups in total. The minimum Gasteiger partial charge on any atom is -0.385 e. The third kappa shape index (κ3) is 1.90. The van der Waals surface area contributed by atoms with Gasteiger partial charge in [0.25, 0.3) is 0 Å². The van der Waals surface area contributed by atoms with Gasteiger partial charge in [-0.25, -0.2) is 0 Å². The van der Waals surface area contributed by atoms with Crippen molar-refractivity contribution in [3.05, 3.63) is 53.1 Å². The van der Waals surface area contributed by atoms with Crippen LogP contribution in [0.15, 0.2) is 36.4 Å². The SMILES string of the molecule is Cc1cccc(-c2ccc3c(c2)CCCN3)c1C. The molecule has 18 heavy (non-hydrogen) atoms. The number of aryl methyl sites for hydroxylation is 2. The number of hydrogen-bond donors (Lipinski definition) is 1. The summed E-state index contributed by atoms with van der Waals surface area (Å²) in [4.78, 5) is 0. The normalized spacial score (nSPS) is 13.9. The zero-order valence-electron chi connectivity index (χ0n) is 11.1. The molecule has 0 atom stereocenters.